The predicted octanol–water partition coefficient (Wildman–Crippen LogP) is 1.05. The molecule has 0 amide bonds. The highest BCUT2D eigenvalue weighted by atomic mass is 16.4. The van der Waals surface area contributed by atoms with Crippen molar-refractivity contribution in [1.29, 1.82) is 0 Å². The second kappa shape index (κ2) is 10.1. The van der Waals surface area contributed by atoms with Gasteiger partial charge in [-0.1, -0.05) is 51.9 Å². The van der Waals surface area contributed by atoms with E-state index in [1.807, 2.05) is 0 Å². The Hall–Kier alpha value is -0.0301. The lowest BCUT2D eigenvalue weighted by Gasteiger charge is -2.14. The van der Waals surface area contributed by atoms with E-state index in [1.54, 1.807) is 0 Å². The Morgan fingerprint density at radius 1 is 0.875 bits per heavy atom. The second-order valence-electron chi connectivity index (χ2n) is 4.45. The SMILES string of the molecule is CCCCCCCCC(CB(O)O)B(O)O. The van der Waals surface area contributed by atoms with Crippen LogP contribution in [-0.4, -0.2) is 34.3 Å². The summed E-state index contributed by atoms with van der Waals surface area (Å²) in [4.78, 5) is 0. The van der Waals surface area contributed by atoms with Crippen LogP contribution in [0.3, 0.4) is 0 Å². The Morgan fingerprint density at radius 2 is 1.44 bits per heavy atom. The summed E-state index contributed by atoms with van der Waals surface area (Å²) in [7, 11) is -2.90. The molecule has 0 aliphatic carbocycles. The average Bonchev–Trinajstić information content (AvgIpc) is 2.20. The normalized spacial score (nSPS) is 12.6. The monoisotopic (exact) mass is 230 g/mol. The summed E-state index contributed by atoms with van der Waals surface area (Å²) in [6, 6.07) is 0. The molecule has 0 aliphatic heterocycles. The van der Waals surface area contributed by atoms with E-state index in [2.05, 4.69) is 6.92 Å². The summed E-state index contributed by atoms with van der Waals surface area (Å²) in [6.07, 6.45) is 7.53. The molecule has 0 heterocycles. The van der Waals surface area contributed by atoms with E-state index < -0.39 is 20.1 Å². The van der Waals surface area contributed by atoms with Gasteiger partial charge in [-0.25, -0.2) is 0 Å². The number of hydrogen-bond acceptors (Lipinski definition) is 4. The predicted molar refractivity (Wildman–Crippen MR) is 66.9 cm³/mol. The van der Waals surface area contributed by atoms with E-state index in [4.69, 9.17) is 20.1 Å². The molecule has 0 saturated carbocycles. The molecule has 6 heteroatoms. The molecule has 1 unspecified atom stereocenters. The lowest BCUT2D eigenvalue weighted by Crippen LogP contribution is -2.25. The lowest BCUT2D eigenvalue weighted by atomic mass is 9.60. The molecule has 0 aromatic heterocycles. The van der Waals surface area contributed by atoms with Gasteiger partial charge in [0.2, 0.25) is 0 Å². The van der Waals surface area contributed by atoms with Gasteiger partial charge in [0, 0.05) is 0 Å². The number of hydrogen-bond donors (Lipinski definition) is 4. The maximum atomic E-state index is 9.04. The Morgan fingerprint density at radius 3 is 1.94 bits per heavy atom. The molecular formula is C10H24B2O4. The van der Waals surface area contributed by atoms with Crippen molar-refractivity contribution in [3.05, 3.63) is 0 Å². The van der Waals surface area contributed by atoms with Gasteiger partial charge < -0.3 is 20.1 Å². The first-order chi connectivity index (χ1) is 7.57. The van der Waals surface area contributed by atoms with Crippen molar-refractivity contribution in [3.63, 3.8) is 0 Å². The molecule has 0 aliphatic rings. The molecular weight excluding hydrogens is 206 g/mol. The third-order valence-corrected chi connectivity index (χ3v) is 2.86. The Labute approximate surface area is 99.0 Å². The Kier molecular flexibility index (Phi) is 10.1. The zero-order valence-corrected chi connectivity index (χ0v) is 10.2. The standard InChI is InChI=1S/C10H24B2O4/c1-2-3-4-5-6-7-8-10(12(15)16)9-11(13)14/h10,13-16H,2-9H2,1H3. The Bertz CT molecular complexity index is 156. The van der Waals surface area contributed by atoms with Crippen molar-refractivity contribution >= 4 is 14.2 Å². The van der Waals surface area contributed by atoms with E-state index >= 15 is 0 Å². The molecule has 0 saturated heterocycles. The van der Waals surface area contributed by atoms with Gasteiger partial charge in [-0.15, -0.1) is 0 Å². The van der Waals surface area contributed by atoms with Crippen molar-refractivity contribution in [2.75, 3.05) is 0 Å². The van der Waals surface area contributed by atoms with Crippen LogP contribution in [0.5, 0.6) is 0 Å². The number of unbranched alkanes of at least 4 members (excludes halogenated alkanes) is 5. The van der Waals surface area contributed by atoms with Crippen LogP contribution in [0.2, 0.25) is 12.1 Å². The highest BCUT2D eigenvalue weighted by Crippen LogP contribution is 2.23. The largest absolute Gasteiger partial charge is 0.454 e. The zero-order valence-electron chi connectivity index (χ0n) is 10.2. The molecule has 0 spiro atoms. The van der Waals surface area contributed by atoms with Crippen molar-refractivity contribution in [1.82, 2.24) is 0 Å². The lowest BCUT2D eigenvalue weighted by molar-refractivity contribution is 0.361. The summed E-state index contributed by atoms with van der Waals surface area (Å²) < 4.78 is 0. The minimum absolute atomic E-state index is 0.0344. The third-order valence-electron chi connectivity index (χ3n) is 2.86. The highest BCUT2D eigenvalue weighted by molar-refractivity contribution is 6.49. The molecule has 0 aromatic carbocycles. The molecule has 94 valence electrons. The van der Waals surface area contributed by atoms with E-state index in [0.29, 0.717) is 6.42 Å². The molecule has 0 radical (unpaired) electrons. The van der Waals surface area contributed by atoms with Gasteiger partial charge >= 0.3 is 14.2 Å². The topological polar surface area (TPSA) is 80.9 Å². The summed E-state index contributed by atoms with van der Waals surface area (Å²) in [6.45, 7) is 2.17. The molecule has 0 rings (SSSR count). The fourth-order valence-electron chi connectivity index (χ4n) is 1.85. The molecule has 16 heavy (non-hydrogen) atoms. The van der Waals surface area contributed by atoms with Gasteiger partial charge in [0.25, 0.3) is 0 Å². The highest BCUT2D eigenvalue weighted by Gasteiger charge is 2.27. The summed E-state index contributed by atoms with van der Waals surface area (Å²) in [5.74, 6) is -0.425. The minimum Gasteiger partial charge on any atom is -0.427 e. The van der Waals surface area contributed by atoms with E-state index in [-0.39, 0.29) is 6.32 Å². The van der Waals surface area contributed by atoms with E-state index in [1.165, 1.54) is 25.7 Å². The summed E-state index contributed by atoms with van der Waals surface area (Å²) in [5, 5.41) is 35.6. The summed E-state index contributed by atoms with van der Waals surface area (Å²) in [5.41, 5.74) is 0. The van der Waals surface area contributed by atoms with Gasteiger partial charge in [0.1, 0.15) is 0 Å². The Balaban J connectivity index is 3.52. The number of rotatable bonds is 10. The van der Waals surface area contributed by atoms with Gasteiger partial charge in [0.05, 0.1) is 0 Å². The molecule has 4 N–H and O–H groups in total. The first-order valence-electron chi connectivity index (χ1n) is 6.30. The van der Waals surface area contributed by atoms with Crippen molar-refractivity contribution in [2.24, 2.45) is 0 Å². The fourth-order valence-corrected chi connectivity index (χ4v) is 1.85. The van der Waals surface area contributed by atoms with Crippen LogP contribution in [0.15, 0.2) is 0 Å². The van der Waals surface area contributed by atoms with E-state index in [9.17, 15) is 0 Å². The first kappa shape index (κ1) is 16.0. The van der Waals surface area contributed by atoms with Crippen LogP contribution >= 0.6 is 0 Å². The van der Waals surface area contributed by atoms with Crippen molar-refractivity contribution in [2.45, 2.75) is 64.0 Å². The second-order valence-corrected chi connectivity index (χ2v) is 4.45. The van der Waals surface area contributed by atoms with Gasteiger partial charge in [-0.3, -0.25) is 0 Å². The van der Waals surface area contributed by atoms with E-state index in [0.717, 1.165) is 12.8 Å². The van der Waals surface area contributed by atoms with Crippen molar-refractivity contribution < 1.29 is 20.1 Å². The molecule has 0 bridgehead atoms. The van der Waals surface area contributed by atoms with Crippen molar-refractivity contribution in [3.8, 4) is 0 Å². The maximum Gasteiger partial charge on any atom is 0.454 e. The maximum absolute atomic E-state index is 9.04. The quantitative estimate of drug-likeness (QED) is 0.334. The minimum atomic E-state index is -1.45. The van der Waals surface area contributed by atoms with Gasteiger partial charge in [-0.05, 0) is 12.1 Å². The zero-order chi connectivity index (χ0) is 12.4. The molecule has 4 nitrogen and oxygen atoms in total. The van der Waals surface area contributed by atoms with Gasteiger partial charge in [0.15, 0.2) is 0 Å². The summed E-state index contributed by atoms with van der Waals surface area (Å²) >= 11 is 0. The third kappa shape index (κ3) is 9.21. The fraction of sp³-hybridized carbons (Fsp3) is 1.00. The van der Waals surface area contributed by atoms with Crippen LogP contribution < -0.4 is 0 Å². The average molecular weight is 230 g/mol. The van der Waals surface area contributed by atoms with Crippen LogP contribution in [0.25, 0.3) is 0 Å². The first-order valence-corrected chi connectivity index (χ1v) is 6.30. The van der Waals surface area contributed by atoms with Crippen LogP contribution in [0.4, 0.5) is 0 Å². The molecule has 0 fully saturated rings. The smallest absolute Gasteiger partial charge is 0.427 e. The van der Waals surface area contributed by atoms with Gasteiger partial charge in [-0.2, -0.15) is 0 Å². The molecule has 0 aromatic rings. The van der Waals surface area contributed by atoms with Crippen LogP contribution in [-0.2, 0) is 0 Å². The van der Waals surface area contributed by atoms with Crippen LogP contribution in [0.1, 0.15) is 51.9 Å². The molecule has 1 atom stereocenters. The van der Waals surface area contributed by atoms with Crippen LogP contribution in [0, 0.1) is 0 Å².